The maximum Gasteiger partial charge on any atom is 0.279 e. The molecule has 1 unspecified atom stereocenters. The number of hydrogen-bond acceptors (Lipinski definition) is 3. The number of nitrogens with one attached hydrogen (secondary N) is 2. The third-order valence-corrected chi connectivity index (χ3v) is 4.50. The Hall–Kier alpha value is -3.31. The monoisotopic (exact) mass is 408 g/mol. The molecular formula is C23H21ClN2O3. The van der Waals surface area contributed by atoms with Crippen molar-refractivity contribution in [2.75, 3.05) is 0 Å². The van der Waals surface area contributed by atoms with Crippen LogP contribution in [-0.2, 0) is 16.0 Å². The van der Waals surface area contributed by atoms with Crippen LogP contribution in [0.3, 0.4) is 0 Å². The van der Waals surface area contributed by atoms with E-state index in [1.807, 2.05) is 54.6 Å². The first-order valence-electron chi connectivity index (χ1n) is 9.16. The predicted octanol–water partition coefficient (Wildman–Crippen LogP) is 4.16. The Morgan fingerprint density at radius 3 is 2.14 bits per heavy atom. The second-order valence-electron chi connectivity index (χ2n) is 6.49. The smallest absolute Gasteiger partial charge is 0.279 e. The minimum Gasteiger partial charge on any atom is -0.481 e. The molecule has 148 valence electrons. The second kappa shape index (κ2) is 9.75. The van der Waals surface area contributed by atoms with Crippen molar-refractivity contribution in [2.24, 2.45) is 0 Å². The van der Waals surface area contributed by atoms with Crippen molar-refractivity contribution in [2.45, 2.75) is 19.4 Å². The Morgan fingerprint density at radius 2 is 1.48 bits per heavy atom. The summed E-state index contributed by atoms with van der Waals surface area (Å²) in [6, 6.07) is 24.4. The summed E-state index contributed by atoms with van der Waals surface area (Å²) >= 11 is 5.82. The maximum atomic E-state index is 12.2. The Labute approximate surface area is 174 Å². The predicted molar refractivity (Wildman–Crippen MR) is 113 cm³/mol. The molecule has 0 fully saturated rings. The molecule has 0 aliphatic rings. The Kier molecular flexibility index (Phi) is 6.87. The van der Waals surface area contributed by atoms with Crippen LogP contribution in [0.5, 0.6) is 5.75 Å². The number of halogens is 1. The molecule has 5 nitrogen and oxygen atoms in total. The summed E-state index contributed by atoms with van der Waals surface area (Å²) in [5.41, 5.74) is 7.73. The van der Waals surface area contributed by atoms with Crippen molar-refractivity contribution in [3.8, 4) is 16.9 Å². The average molecular weight is 409 g/mol. The van der Waals surface area contributed by atoms with Crippen LogP contribution >= 0.6 is 11.6 Å². The third-order valence-electron chi connectivity index (χ3n) is 4.25. The lowest BCUT2D eigenvalue weighted by Gasteiger charge is -2.15. The van der Waals surface area contributed by atoms with Crippen molar-refractivity contribution in [3.05, 3.63) is 89.4 Å². The van der Waals surface area contributed by atoms with Crippen LogP contribution in [0.15, 0.2) is 78.9 Å². The fraction of sp³-hybridized carbons (Fsp3) is 0.130. The van der Waals surface area contributed by atoms with E-state index in [9.17, 15) is 9.59 Å². The molecule has 3 aromatic carbocycles. The zero-order valence-corrected chi connectivity index (χ0v) is 16.6. The Bertz CT molecular complexity index is 958. The van der Waals surface area contributed by atoms with Gasteiger partial charge in [-0.15, -0.1) is 0 Å². The summed E-state index contributed by atoms with van der Waals surface area (Å²) in [5.74, 6) is -0.207. The number of hydrazine groups is 1. The first-order chi connectivity index (χ1) is 14.0. The van der Waals surface area contributed by atoms with Gasteiger partial charge in [0.2, 0.25) is 5.91 Å². The zero-order valence-electron chi connectivity index (χ0n) is 15.9. The van der Waals surface area contributed by atoms with Crippen LogP contribution in [0.25, 0.3) is 11.1 Å². The number of hydrogen-bond donors (Lipinski definition) is 2. The fourth-order valence-corrected chi connectivity index (χ4v) is 2.80. The van der Waals surface area contributed by atoms with Crippen molar-refractivity contribution >= 4 is 23.4 Å². The molecule has 3 rings (SSSR count). The molecular weight excluding hydrogens is 388 g/mol. The zero-order chi connectivity index (χ0) is 20.6. The summed E-state index contributed by atoms with van der Waals surface area (Å²) in [4.78, 5) is 24.1. The van der Waals surface area contributed by atoms with Gasteiger partial charge in [0.05, 0.1) is 6.42 Å². The lowest BCUT2D eigenvalue weighted by Crippen LogP contribution is -2.47. The molecule has 0 bridgehead atoms. The van der Waals surface area contributed by atoms with Crippen molar-refractivity contribution in [1.82, 2.24) is 10.9 Å². The summed E-state index contributed by atoms with van der Waals surface area (Å²) in [6.07, 6.45) is -0.637. The number of amides is 2. The van der Waals surface area contributed by atoms with Crippen LogP contribution in [-0.4, -0.2) is 17.9 Å². The highest BCUT2D eigenvalue weighted by Crippen LogP contribution is 2.22. The molecule has 0 spiro atoms. The normalized spacial score (nSPS) is 11.4. The summed E-state index contributed by atoms with van der Waals surface area (Å²) < 4.78 is 5.65. The van der Waals surface area contributed by atoms with Crippen LogP contribution in [0.1, 0.15) is 12.5 Å². The van der Waals surface area contributed by atoms with E-state index >= 15 is 0 Å². The van der Waals surface area contributed by atoms with Gasteiger partial charge in [-0.25, -0.2) is 0 Å². The summed E-state index contributed by atoms with van der Waals surface area (Å²) in [5, 5.41) is 0.602. The molecule has 0 radical (unpaired) electrons. The topological polar surface area (TPSA) is 67.4 Å². The largest absolute Gasteiger partial charge is 0.481 e. The van der Waals surface area contributed by atoms with Gasteiger partial charge in [-0.2, -0.15) is 0 Å². The standard InChI is InChI=1S/C23H21ClN2O3/c1-16(23(28)26-25-22(27)15-17-7-11-20(24)12-8-17)29-21-13-9-19(10-14-21)18-5-3-2-4-6-18/h2-14,16H,15H2,1H3,(H,25,27)(H,26,28). The first kappa shape index (κ1) is 20.4. The lowest BCUT2D eigenvalue weighted by molar-refractivity contribution is -0.132. The van der Waals surface area contributed by atoms with Crippen LogP contribution in [0, 0.1) is 0 Å². The van der Waals surface area contributed by atoms with Gasteiger partial charge in [0.15, 0.2) is 6.10 Å². The van der Waals surface area contributed by atoms with E-state index in [0.29, 0.717) is 10.8 Å². The van der Waals surface area contributed by atoms with Gasteiger partial charge in [-0.1, -0.05) is 66.2 Å². The highest BCUT2D eigenvalue weighted by Gasteiger charge is 2.15. The van der Waals surface area contributed by atoms with Gasteiger partial charge < -0.3 is 4.74 Å². The van der Waals surface area contributed by atoms with E-state index in [0.717, 1.165) is 16.7 Å². The molecule has 2 N–H and O–H groups in total. The van der Waals surface area contributed by atoms with Crippen LogP contribution in [0.4, 0.5) is 0 Å². The van der Waals surface area contributed by atoms with Gasteiger partial charge in [-0.05, 0) is 47.9 Å². The quantitative estimate of drug-likeness (QED) is 0.602. The number of carbonyl (C=O) groups excluding carboxylic acids is 2. The van der Waals surface area contributed by atoms with Crippen molar-refractivity contribution in [1.29, 1.82) is 0 Å². The minimum absolute atomic E-state index is 0.133. The lowest BCUT2D eigenvalue weighted by atomic mass is 10.1. The molecule has 3 aromatic rings. The molecule has 6 heteroatoms. The fourth-order valence-electron chi connectivity index (χ4n) is 2.68. The van der Waals surface area contributed by atoms with Crippen molar-refractivity contribution in [3.63, 3.8) is 0 Å². The molecule has 2 amide bonds. The summed E-state index contributed by atoms with van der Waals surface area (Å²) in [6.45, 7) is 1.62. The molecule has 0 aliphatic carbocycles. The molecule has 1 atom stereocenters. The average Bonchev–Trinajstić information content (AvgIpc) is 2.75. The van der Waals surface area contributed by atoms with E-state index in [4.69, 9.17) is 16.3 Å². The molecule has 0 saturated heterocycles. The van der Waals surface area contributed by atoms with E-state index in [1.54, 1.807) is 31.2 Å². The SMILES string of the molecule is CC(Oc1ccc(-c2ccccc2)cc1)C(=O)NNC(=O)Cc1ccc(Cl)cc1. The van der Waals surface area contributed by atoms with E-state index in [2.05, 4.69) is 10.9 Å². The van der Waals surface area contributed by atoms with E-state index in [1.165, 1.54) is 0 Å². The maximum absolute atomic E-state index is 12.2. The van der Waals surface area contributed by atoms with Gasteiger partial charge in [0.1, 0.15) is 5.75 Å². The third kappa shape index (κ3) is 6.09. The number of carbonyl (C=O) groups is 2. The highest BCUT2D eigenvalue weighted by molar-refractivity contribution is 6.30. The molecule has 0 aliphatic heterocycles. The van der Waals surface area contributed by atoms with Gasteiger partial charge in [0.25, 0.3) is 5.91 Å². The second-order valence-corrected chi connectivity index (χ2v) is 6.93. The Morgan fingerprint density at radius 1 is 0.862 bits per heavy atom. The first-order valence-corrected chi connectivity index (χ1v) is 9.54. The Balaban J connectivity index is 1.47. The van der Waals surface area contributed by atoms with Gasteiger partial charge in [0, 0.05) is 5.02 Å². The van der Waals surface area contributed by atoms with Crippen LogP contribution < -0.4 is 15.6 Å². The molecule has 0 aromatic heterocycles. The van der Waals surface area contributed by atoms with E-state index in [-0.39, 0.29) is 12.3 Å². The van der Waals surface area contributed by atoms with Crippen molar-refractivity contribution < 1.29 is 14.3 Å². The number of rotatable bonds is 6. The van der Waals surface area contributed by atoms with Gasteiger partial charge in [-0.3, -0.25) is 20.4 Å². The highest BCUT2D eigenvalue weighted by atomic mass is 35.5. The summed E-state index contributed by atoms with van der Waals surface area (Å²) in [7, 11) is 0. The molecule has 0 saturated carbocycles. The number of ether oxygens (including phenoxy) is 1. The molecule has 0 heterocycles. The van der Waals surface area contributed by atoms with E-state index < -0.39 is 12.0 Å². The number of benzene rings is 3. The van der Waals surface area contributed by atoms with Crippen LogP contribution in [0.2, 0.25) is 5.02 Å². The minimum atomic E-state index is -0.770. The molecule has 29 heavy (non-hydrogen) atoms. The van der Waals surface area contributed by atoms with Gasteiger partial charge >= 0.3 is 0 Å².